The second-order valence-corrected chi connectivity index (χ2v) is 6.58. The Morgan fingerprint density at radius 1 is 1.43 bits per heavy atom. The van der Waals surface area contributed by atoms with Crippen molar-refractivity contribution in [2.75, 3.05) is 13.1 Å². The molecule has 1 heteroatoms. The van der Waals surface area contributed by atoms with Gasteiger partial charge in [-0.05, 0) is 30.1 Å². The Bertz CT molecular complexity index is 299. The maximum atomic E-state index is 4.21. The molecule has 0 bridgehead atoms. The molecule has 2 saturated heterocycles. The molecular weight excluding hydrogens is 170 g/mol. The van der Waals surface area contributed by atoms with E-state index in [1.165, 1.54) is 31.5 Å². The van der Waals surface area contributed by atoms with Gasteiger partial charge in [-0.15, -0.1) is 0 Å². The number of hydrogen-bond donors (Lipinski definition) is 0. The number of hydrogen-bond acceptors (Lipinski definition) is 1. The van der Waals surface area contributed by atoms with Crippen LogP contribution in [-0.4, -0.2) is 23.5 Å². The molecule has 0 aromatic heterocycles. The summed E-state index contributed by atoms with van der Waals surface area (Å²) in [5, 5.41) is 0. The summed E-state index contributed by atoms with van der Waals surface area (Å²) in [6, 6.07) is 0. The first-order chi connectivity index (χ1) is 6.45. The van der Waals surface area contributed by atoms with Crippen molar-refractivity contribution in [3.63, 3.8) is 0 Å². The Balaban J connectivity index is 2.04. The van der Waals surface area contributed by atoms with E-state index in [-0.39, 0.29) is 0 Å². The summed E-state index contributed by atoms with van der Waals surface area (Å²) >= 11 is 0. The minimum absolute atomic E-state index is 0.419. The van der Waals surface area contributed by atoms with Crippen LogP contribution in [0.5, 0.6) is 0 Å². The molecule has 3 fully saturated rings. The zero-order chi connectivity index (χ0) is 10.1. The lowest BCUT2D eigenvalue weighted by atomic mass is 9.69. The summed E-state index contributed by atoms with van der Waals surface area (Å²) in [5.41, 5.74) is 2.36. The fourth-order valence-electron chi connectivity index (χ4n) is 4.17. The van der Waals surface area contributed by atoms with E-state index in [2.05, 4.69) is 32.3 Å². The molecule has 3 atom stereocenters. The summed E-state index contributed by atoms with van der Waals surface area (Å²) in [6.45, 7) is 14.0. The van der Waals surface area contributed by atoms with Crippen molar-refractivity contribution in [1.29, 1.82) is 0 Å². The lowest BCUT2D eigenvalue weighted by molar-refractivity contribution is 0.0375. The topological polar surface area (TPSA) is 3.24 Å². The SMILES string of the molecule is C=C1CN2C[C@H]3C[C@H]3C2(C(C)(C)C)C1. The van der Waals surface area contributed by atoms with Crippen LogP contribution in [0.15, 0.2) is 12.2 Å². The van der Waals surface area contributed by atoms with Crippen LogP contribution in [0, 0.1) is 17.3 Å². The van der Waals surface area contributed by atoms with Gasteiger partial charge in [0.1, 0.15) is 0 Å². The normalized spacial score (nSPS) is 46.6. The molecule has 2 aliphatic heterocycles. The van der Waals surface area contributed by atoms with E-state index in [9.17, 15) is 0 Å². The third-order valence-corrected chi connectivity index (χ3v) is 4.79. The van der Waals surface area contributed by atoms with Crippen LogP contribution in [0.2, 0.25) is 0 Å². The predicted molar refractivity (Wildman–Crippen MR) is 59.1 cm³/mol. The maximum Gasteiger partial charge on any atom is 0.0330 e. The van der Waals surface area contributed by atoms with Gasteiger partial charge in [-0.25, -0.2) is 0 Å². The average Bonchev–Trinajstić information content (AvgIpc) is 2.57. The molecule has 3 rings (SSSR count). The molecule has 0 amide bonds. The Morgan fingerprint density at radius 2 is 2.14 bits per heavy atom. The van der Waals surface area contributed by atoms with Gasteiger partial charge < -0.3 is 0 Å². The van der Waals surface area contributed by atoms with E-state index in [0.717, 1.165) is 11.8 Å². The summed E-state index contributed by atoms with van der Waals surface area (Å²) in [4.78, 5) is 2.73. The van der Waals surface area contributed by atoms with Crippen molar-refractivity contribution in [2.45, 2.75) is 39.2 Å². The lowest BCUT2D eigenvalue weighted by Gasteiger charge is -2.46. The number of nitrogens with zero attached hydrogens (tertiary/aromatic N) is 1. The minimum Gasteiger partial charge on any atom is -0.292 e. The largest absolute Gasteiger partial charge is 0.292 e. The predicted octanol–water partition coefficient (Wildman–Crippen LogP) is 2.68. The highest BCUT2D eigenvalue weighted by atomic mass is 15.3. The molecular formula is C13H21N. The Hall–Kier alpha value is -0.300. The van der Waals surface area contributed by atoms with E-state index >= 15 is 0 Å². The lowest BCUT2D eigenvalue weighted by Crippen LogP contribution is -2.52. The van der Waals surface area contributed by atoms with Crippen LogP contribution in [0.4, 0.5) is 0 Å². The molecule has 1 aliphatic carbocycles. The fourth-order valence-corrected chi connectivity index (χ4v) is 4.17. The first-order valence-corrected chi connectivity index (χ1v) is 5.87. The van der Waals surface area contributed by atoms with Crippen LogP contribution < -0.4 is 0 Å². The van der Waals surface area contributed by atoms with Crippen LogP contribution in [0.25, 0.3) is 0 Å². The van der Waals surface area contributed by atoms with Crippen molar-refractivity contribution in [3.05, 3.63) is 12.2 Å². The van der Waals surface area contributed by atoms with Gasteiger partial charge in [-0.3, -0.25) is 4.90 Å². The number of rotatable bonds is 0. The highest BCUT2D eigenvalue weighted by molar-refractivity contribution is 5.28. The molecule has 0 aromatic rings. The van der Waals surface area contributed by atoms with Crippen LogP contribution >= 0.6 is 0 Å². The van der Waals surface area contributed by atoms with Gasteiger partial charge in [0.05, 0.1) is 0 Å². The van der Waals surface area contributed by atoms with Crippen LogP contribution in [0.3, 0.4) is 0 Å². The highest BCUT2D eigenvalue weighted by Crippen LogP contribution is 2.65. The minimum atomic E-state index is 0.419. The van der Waals surface area contributed by atoms with Crippen molar-refractivity contribution in [1.82, 2.24) is 4.90 Å². The first kappa shape index (κ1) is 8.96. The second kappa shape index (κ2) is 2.27. The van der Waals surface area contributed by atoms with E-state index in [0.29, 0.717) is 11.0 Å². The first-order valence-electron chi connectivity index (χ1n) is 5.87. The van der Waals surface area contributed by atoms with E-state index in [4.69, 9.17) is 0 Å². The standard InChI is InChI=1S/C13H21N/c1-9-6-13(12(2,3)4)11-5-10(11)8-14(13)7-9/h10-11H,1,5-8H2,2-4H3/t10-,11-,13?/m1/s1. The summed E-state index contributed by atoms with van der Waals surface area (Å²) < 4.78 is 0. The van der Waals surface area contributed by atoms with Gasteiger partial charge in [0.25, 0.3) is 0 Å². The van der Waals surface area contributed by atoms with E-state index < -0.39 is 0 Å². The van der Waals surface area contributed by atoms with Gasteiger partial charge in [0, 0.05) is 18.6 Å². The Kier molecular flexibility index (Phi) is 1.45. The quantitative estimate of drug-likeness (QED) is 0.532. The molecule has 14 heavy (non-hydrogen) atoms. The molecule has 0 aromatic carbocycles. The van der Waals surface area contributed by atoms with Crippen molar-refractivity contribution in [2.24, 2.45) is 17.3 Å². The molecule has 0 spiro atoms. The Labute approximate surface area is 87.2 Å². The third kappa shape index (κ3) is 0.850. The van der Waals surface area contributed by atoms with Crippen LogP contribution in [0.1, 0.15) is 33.6 Å². The van der Waals surface area contributed by atoms with Gasteiger partial charge >= 0.3 is 0 Å². The number of fused-ring (bicyclic) bond motifs is 3. The summed E-state index contributed by atoms with van der Waals surface area (Å²) in [5.74, 6) is 2.02. The maximum absolute atomic E-state index is 4.21. The van der Waals surface area contributed by atoms with E-state index in [1.807, 2.05) is 0 Å². The van der Waals surface area contributed by atoms with Gasteiger partial charge in [0.2, 0.25) is 0 Å². The fraction of sp³-hybridized carbons (Fsp3) is 0.846. The molecule has 0 N–H and O–H groups in total. The van der Waals surface area contributed by atoms with Gasteiger partial charge in [-0.1, -0.05) is 32.9 Å². The van der Waals surface area contributed by atoms with Gasteiger partial charge in [0.15, 0.2) is 0 Å². The van der Waals surface area contributed by atoms with Crippen molar-refractivity contribution in [3.8, 4) is 0 Å². The zero-order valence-electron chi connectivity index (χ0n) is 9.64. The monoisotopic (exact) mass is 191 g/mol. The molecule has 3 aliphatic rings. The van der Waals surface area contributed by atoms with Crippen molar-refractivity contribution >= 4 is 0 Å². The molecule has 2 heterocycles. The second-order valence-electron chi connectivity index (χ2n) is 6.58. The van der Waals surface area contributed by atoms with Crippen LogP contribution in [-0.2, 0) is 0 Å². The molecule has 1 saturated carbocycles. The highest BCUT2D eigenvalue weighted by Gasteiger charge is 2.67. The number of piperidine rings is 1. The smallest absolute Gasteiger partial charge is 0.0330 e. The molecule has 1 nitrogen and oxygen atoms in total. The van der Waals surface area contributed by atoms with Crippen molar-refractivity contribution < 1.29 is 0 Å². The molecule has 78 valence electrons. The average molecular weight is 191 g/mol. The molecule has 1 unspecified atom stereocenters. The molecule has 0 radical (unpaired) electrons. The zero-order valence-corrected chi connectivity index (χ0v) is 9.64. The summed E-state index contributed by atoms with van der Waals surface area (Å²) in [6.07, 6.45) is 2.75. The van der Waals surface area contributed by atoms with E-state index in [1.54, 1.807) is 0 Å². The third-order valence-electron chi connectivity index (χ3n) is 4.79. The van der Waals surface area contributed by atoms with Gasteiger partial charge in [-0.2, -0.15) is 0 Å². The Morgan fingerprint density at radius 3 is 2.71 bits per heavy atom. The summed E-state index contributed by atoms with van der Waals surface area (Å²) in [7, 11) is 0.